The standard InChI is InChI=1S/C12H16BrN/c1-8-4-2-7-10(13)11(8)12(14)9-5-3-6-9/h2,4,7,9,12H,3,5-6,14H2,1H3/t12-/m1/s1. The van der Waals surface area contributed by atoms with Crippen LogP contribution < -0.4 is 5.73 Å². The SMILES string of the molecule is Cc1cccc(Br)c1[C@H](N)C1CCC1. The normalized spacial score (nSPS) is 19.1. The van der Waals surface area contributed by atoms with Gasteiger partial charge in [0.25, 0.3) is 0 Å². The molecule has 0 aliphatic heterocycles. The van der Waals surface area contributed by atoms with Crippen molar-refractivity contribution < 1.29 is 0 Å². The minimum atomic E-state index is 0.222. The third-order valence-corrected chi connectivity index (χ3v) is 3.95. The van der Waals surface area contributed by atoms with Gasteiger partial charge in [-0.05, 0) is 42.9 Å². The Hall–Kier alpha value is -0.340. The Labute approximate surface area is 93.8 Å². The van der Waals surface area contributed by atoms with E-state index in [0.717, 1.165) is 4.47 Å². The molecule has 1 aromatic carbocycles. The molecule has 2 rings (SSSR count). The Kier molecular flexibility index (Phi) is 2.93. The van der Waals surface area contributed by atoms with Crippen molar-refractivity contribution >= 4 is 15.9 Å². The van der Waals surface area contributed by atoms with Crippen LogP contribution in [0.3, 0.4) is 0 Å². The van der Waals surface area contributed by atoms with Gasteiger partial charge in [0.05, 0.1) is 0 Å². The first-order valence-electron chi connectivity index (χ1n) is 5.20. The van der Waals surface area contributed by atoms with Gasteiger partial charge in [-0.1, -0.05) is 34.5 Å². The lowest BCUT2D eigenvalue weighted by Crippen LogP contribution is -2.27. The smallest absolute Gasteiger partial charge is 0.0337 e. The lowest BCUT2D eigenvalue weighted by atomic mass is 9.77. The van der Waals surface area contributed by atoms with Gasteiger partial charge in [-0.15, -0.1) is 0 Å². The Morgan fingerprint density at radius 3 is 2.64 bits per heavy atom. The zero-order chi connectivity index (χ0) is 10.1. The average Bonchev–Trinajstić information content (AvgIpc) is 2.00. The van der Waals surface area contributed by atoms with Gasteiger partial charge in [0.15, 0.2) is 0 Å². The minimum absolute atomic E-state index is 0.222. The second-order valence-electron chi connectivity index (χ2n) is 4.19. The maximum atomic E-state index is 6.27. The van der Waals surface area contributed by atoms with Gasteiger partial charge in [0.2, 0.25) is 0 Å². The van der Waals surface area contributed by atoms with Crippen molar-refractivity contribution in [2.75, 3.05) is 0 Å². The number of rotatable bonds is 2. The van der Waals surface area contributed by atoms with Crippen molar-refractivity contribution in [2.45, 2.75) is 32.2 Å². The molecule has 2 heteroatoms. The van der Waals surface area contributed by atoms with E-state index in [0.29, 0.717) is 5.92 Å². The van der Waals surface area contributed by atoms with Crippen molar-refractivity contribution in [3.63, 3.8) is 0 Å². The van der Waals surface area contributed by atoms with E-state index < -0.39 is 0 Å². The third-order valence-electron chi connectivity index (χ3n) is 3.26. The van der Waals surface area contributed by atoms with Crippen molar-refractivity contribution in [3.8, 4) is 0 Å². The summed E-state index contributed by atoms with van der Waals surface area (Å²) in [5.74, 6) is 0.701. The second-order valence-corrected chi connectivity index (χ2v) is 5.04. The largest absolute Gasteiger partial charge is 0.324 e. The van der Waals surface area contributed by atoms with Gasteiger partial charge < -0.3 is 5.73 Å². The Bertz CT molecular complexity index is 311. The average molecular weight is 254 g/mol. The summed E-state index contributed by atoms with van der Waals surface area (Å²) < 4.78 is 1.16. The lowest BCUT2D eigenvalue weighted by molar-refractivity contribution is 0.263. The molecule has 1 aliphatic carbocycles. The Balaban J connectivity index is 2.29. The van der Waals surface area contributed by atoms with Crippen LogP contribution in [0.25, 0.3) is 0 Å². The highest BCUT2D eigenvalue weighted by atomic mass is 79.9. The molecule has 1 nitrogen and oxygen atoms in total. The second kappa shape index (κ2) is 4.03. The number of hydrogen-bond acceptors (Lipinski definition) is 1. The summed E-state index contributed by atoms with van der Waals surface area (Å²) in [4.78, 5) is 0. The molecule has 76 valence electrons. The lowest BCUT2D eigenvalue weighted by Gasteiger charge is -2.32. The van der Waals surface area contributed by atoms with Crippen LogP contribution in [-0.4, -0.2) is 0 Å². The van der Waals surface area contributed by atoms with Gasteiger partial charge in [-0.25, -0.2) is 0 Å². The van der Waals surface area contributed by atoms with Gasteiger partial charge in [-0.3, -0.25) is 0 Å². The van der Waals surface area contributed by atoms with E-state index >= 15 is 0 Å². The maximum absolute atomic E-state index is 6.27. The van der Waals surface area contributed by atoms with E-state index in [9.17, 15) is 0 Å². The molecule has 1 atom stereocenters. The van der Waals surface area contributed by atoms with Gasteiger partial charge in [0.1, 0.15) is 0 Å². The zero-order valence-corrected chi connectivity index (χ0v) is 10.0. The quantitative estimate of drug-likeness (QED) is 0.858. The summed E-state index contributed by atoms with van der Waals surface area (Å²) in [6.07, 6.45) is 3.94. The molecule has 1 aliphatic rings. The van der Waals surface area contributed by atoms with E-state index in [1.54, 1.807) is 0 Å². The van der Waals surface area contributed by atoms with Gasteiger partial charge in [0, 0.05) is 10.5 Å². The van der Waals surface area contributed by atoms with E-state index in [1.807, 2.05) is 0 Å². The summed E-state index contributed by atoms with van der Waals surface area (Å²) in [5.41, 5.74) is 8.88. The maximum Gasteiger partial charge on any atom is 0.0337 e. The summed E-state index contributed by atoms with van der Waals surface area (Å²) in [7, 11) is 0. The molecule has 2 N–H and O–H groups in total. The van der Waals surface area contributed by atoms with Crippen LogP contribution in [-0.2, 0) is 0 Å². The molecule has 0 spiro atoms. The van der Waals surface area contributed by atoms with E-state index in [2.05, 4.69) is 41.1 Å². The highest BCUT2D eigenvalue weighted by molar-refractivity contribution is 9.10. The van der Waals surface area contributed by atoms with Crippen LogP contribution in [0.4, 0.5) is 0 Å². The molecule has 0 amide bonds. The first-order chi connectivity index (χ1) is 6.70. The summed E-state index contributed by atoms with van der Waals surface area (Å²) in [6.45, 7) is 2.14. The number of benzene rings is 1. The van der Waals surface area contributed by atoms with Crippen LogP contribution >= 0.6 is 15.9 Å². The van der Waals surface area contributed by atoms with E-state index in [1.165, 1.54) is 30.4 Å². The van der Waals surface area contributed by atoms with Crippen LogP contribution in [0.5, 0.6) is 0 Å². The fraction of sp³-hybridized carbons (Fsp3) is 0.500. The predicted molar refractivity (Wildman–Crippen MR) is 63.1 cm³/mol. The minimum Gasteiger partial charge on any atom is -0.324 e. The zero-order valence-electron chi connectivity index (χ0n) is 8.46. The number of aryl methyl sites for hydroxylation is 1. The highest BCUT2D eigenvalue weighted by Crippen LogP contribution is 2.39. The topological polar surface area (TPSA) is 26.0 Å². The molecule has 0 radical (unpaired) electrons. The third kappa shape index (κ3) is 1.73. The fourth-order valence-electron chi connectivity index (χ4n) is 2.10. The molecule has 0 heterocycles. The van der Waals surface area contributed by atoms with E-state index in [-0.39, 0.29) is 6.04 Å². The molecule has 1 saturated carbocycles. The van der Waals surface area contributed by atoms with Crippen LogP contribution in [0, 0.1) is 12.8 Å². The van der Waals surface area contributed by atoms with Crippen LogP contribution in [0.1, 0.15) is 36.4 Å². The van der Waals surface area contributed by atoms with E-state index in [4.69, 9.17) is 5.73 Å². The first-order valence-corrected chi connectivity index (χ1v) is 6.00. The summed E-state index contributed by atoms with van der Waals surface area (Å²) in [5, 5.41) is 0. The number of nitrogens with two attached hydrogens (primary N) is 1. The summed E-state index contributed by atoms with van der Waals surface area (Å²) in [6, 6.07) is 6.51. The summed E-state index contributed by atoms with van der Waals surface area (Å²) >= 11 is 3.59. The number of hydrogen-bond donors (Lipinski definition) is 1. The predicted octanol–water partition coefficient (Wildman–Crippen LogP) is 3.56. The van der Waals surface area contributed by atoms with Crippen molar-refractivity contribution in [1.29, 1.82) is 0 Å². The van der Waals surface area contributed by atoms with Crippen LogP contribution in [0.15, 0.2) is 22.7 Å². The molecule has 0 unspecified atom stereocenters. The first kappa shape index (κ1) is 10.2. The highest BCUT2D eigenvalue weighted by Gasteiger charge is 2.27. The molecular formula is C12H16BrN. The fourth-order valence-corrected chi connectivity index (χ4v) is 2.83. The molecule has 0 saturated heterocycles. The van der Waals surface area contributed by atoms with Gasteiger partial charge >= 0.3 is 0 Å². The van der Waals surface area contributed by atoms with Gasteiger partial charge in [-0.2, -0.15) is 0 Å². The van der Waals surface area contributed by atoms with Crippen molar-refractivity contribution in [3.05, 3.63) is 33.8 Å². The molecule has 1 fully saturated rings. The van der Waals surface area contributed by atoms with Crippen LogP contribution in [0.2, 0.25) is 0 Å². The number of halogens is 1. The molecule has 0 bridgehead atoms. The molecule has 1 aromatic rings. The molecular weight excluding hydrogens is 238 g/mol. The monoisotopic (exact) mass is 253 g/mol. The van der Waals surface area contributed by atoms with Crippen molar-refractivity contribution in [2.24, 2.45) is 11.7 Å². The molecule has 0 aromatic heterocycles. The Morgan fingerprint density at radius 2 is 2.14 bits per heavy atom. The Morgan fingerprint density at radius 1 is 1.43 bits per heavy atom. The van der Waals surface area contributed by atoms with Crippen molar-refractivity contribution in [1.82, 2.24) is 0 Å². The molecule has 14 heavy (non-hydrogen) atoms.